The quantitative estimate of drug-likeness (QED) is 0.867. The Morgan fingerprint density at radius 3 is 2.81 bits per heavy atom. The Morgan fingerprint density at radius 1 is 1.43 bits per heavy atom. The highest BCUT2D eigenvalue weighted by Gasteiger charge is 2.12. The van der Waals surface area contributed by atoms with Gasteiger partial charge in [-0.05, 0) is 18.2 Å². The van der Waals surface area contributed by atoms with E-state index in [0.717, 1.165) is 20.6 Å². The van der Waals surface area contributed by atoms with Crippen molar-refractivity contribution in [2.24, 2.45) is 0 Å². The maximum Gasteiger partial charge on any atom is 0.141 e. The van der Waals surface area contributed by atoms with Crippen LogP contribution in [0.25, 0.3) is 0 Å². The molecule has 0 saturated carbocycles. The molecule has 3 nitrogen and oxygen atoms in total. The van der Waals surface area contributed by atoms with Gasteiger partial charge < -0.3 is 10.2 Å². The molecule has 2 aromatic heterocycles. The molecule has 21 heavy (non-hydrogen) atoms. The molecular weight excluding hydrogens is 309 g/mol. The monoisotopic (exact) mass is 327 g/mol. The number of rotatable bonds is 6. The standard InChI is InChI=1S/C15H19ClFN3S/c1-10(2)18-7-11-6-12(17)8-19-15(11)20(3)9-13-4-5-14(16)21-13/h4-6,8,10,18H,7,9H2,1-3H3. The van der Waals surface area contributed by atoms with Crippen LogP contribution in [0.15, 0.2) is 24.4 Å². The third-order valence-corrected chi connectivity index (χ3v) is 4.21. The molecule has 0 bridgehead atoms. The van der Waals surface area contributed by atoms with E-state index in [1.807, 2.05) is 24.1 Å². The summed E-state index contributed by atoms with van der Waals surface area (Å²) >= 11 is 7.50. The van der Waals surface area contributed by atoms with Gasteiger partial charge in [0.1, 0.15) is 11.6 Å². The van der Waals surface area contributed by atoms with E-state index in [0.29, 0.717) is 19.1 Å². The Hall–Kier alpha value is -1.17. The molecule has 2 rings (SSSR count). The molecule has 2 aromatic rings. The van der Waals surface area contributed by atoms with Gasteiger partial charge >= 0.3 is 0 Å². The van der Waals surface area contributed by atoms with E-state index < -0.39 is 0 Å². The first-order valence-electron chi connectivity index (χ1n) is 6.79. The first-order chi connectivity index (χ1) is 9.95. The average Bonchev–Trinajstić information content (AvgIpc) is 2.81. The lowest BCUT2D eigenvalue weighted by Crippen LogP contribution is -2.25. The second kappa shape index (κ2) is 7.20. The van der Waals surface area contributed by atoms with Gasteiger partial charge in [0.25, 0.3) is 0 Å². The minimum Gasteiger partial charge on any atom is -0.354 e. The van der Waals surface area contributed by atoms with Gasteiger partial charge in [-0.1, -0.05) is 25.4 Å². The molecule has 0 saturated heterocycles. The van der Waals surface area contributed by atoms with Crippen LogP contribution in [0.3, 0.4) is 0 Å². The molecule has 0 atom stereocenters. The van der Waals surface area contributed by atoms with Gasteiger partial charge in [-0.3, -0.25) is 0 Å². The Labute approximate surface area is 133 Å². The fraction of sp³-hybridized carbons (Fsp3) is 0.400. The summed E-state index contributed by atoms with van der Waals surface area (Å²) in [7, 11) is 1.95. The normalized spacial score (nSPS) is 11.1. The number of aromatic nitrogens is 1. The van der Waals surface area contributed by atoms with E-state index >= 15 is 0 Å². The van der Waals surface area contributed by atoms with E-state index in [4.69, 9.17) is 11.6 Å². The van der Waals surface area contributed by atoms with Crippen LogP contribution in [0.5, 0.6) is 0 Å². The van der Waals surface area contributed by atoms with Gasteiger partial charge in [-0.15, -0.1) is 11.3 Å². The summed E-state index contributed by atoms with van der Waals surface area (Å²) in [6.07, 6.45) is 1.26. The smallest absolute Gasteiger partial charge is 0.141 e. The summed E-state index contributed by atoms with van der Waals surface area (Å²) in [6, 6.07) is 5.76. The van der Waals surface area contributed by atoms with Crippen molar-refractivity contribution < 1.29 is 4.39 Å². The molecule has 0 aliphatic rings. The summed E-state index contributed by atoms with van der Waals surface area (Å²) in [4.78, 5) is 7.40. The number of nitrogens with one attached hydrogen (secondary N) is 1. The maximum absolute atomic E-state index is 13.4. The molecule has 6 heteroatoms. The first kappa shape index (κ1) is 16.2. The predicted molar refractivity (Wildman–Crippen MR) is 87.6 cm³/mol. The summed E-state index contributed by atoms with van der Waals surface area (Å²) < 4.78 is 14.2. The zero-order valence-electron chi connectivity index (χ0n) is 12.4. The fourth-order valence-corrected chi connectivity index (χ4v) is 3.15. The fourth-order valence-electron chi connectivity index (χ4n) is 2.01. The summed E-state index contributed by atoms with van der Waals surface area (Å²) in [5.41, 5.74) is 0.855. The van der Waals surface area contributed by atoms with Crippen LogP contribution in [0.1, 0.15) is 24.3 Å². The number of anilines is 1. The summed E-state index contributed by atoms with van der Waals surface area (Å²) in [6.45, 7) is 5.41. The third-order valence-electron chi connectivity index (χ3n) is 2.99. The van der Waals surface area contributed by atoms with Crippen molar-refractivity contribution in [3.63, 3.8) is 0 Å². The number of pyridine rings is 1. The van der Waals surface area contributed by atoms with E-state index in [1.54, 1.807) is 11.3 Å². The highest BCUT2D eigenvalue weighted by molar-refractivity contribution is 7.16. The molecular formula is C15H19ClFN3S. The van der Waals surface area contributed by atoms with Crippen LogP contribution < -0.4 is 10.2 Å². The van der Waals surface area contributed by atoms with Gasteiger partial charge in [-0.25, -0.2) is 9.37 Å². The largest absolute Gasteiger partial charge is 0.354 e. The average molecular weight is 328 g/mol. The molecule has 0 spiro atoms. The lowest BCUT2D eigenvalue weighted by molar-refractivity contribution is 0.577. The van der Waals surface area contributed by atoms with Gasteiger partial charge in [-0.2, -0.15) is 0 Å². The Morgan fingerprint density at radius 2 is 2.19 bits per heavy atom. The topological polar surface area (TPSA) is 28.2 Å². The van der Waals surface area contributed by atoms with Crippen LogP contribution in [0.4, 0.5) is 10.2 Å². The van der Waals surface area contributed by atoms with E-state index in [2.05, 4.69) is 24.1 Å². The predicted octanol–water partition coefficient (Wildman–Crippen LogP) is 4.07. The SMILES string of the molecule is CC(C)NCc1cc(F)cnc1N(C)Cc1ccc(Cl)s1. The van der Waals surface area contributed by atoms with Crippen molar-refractivity contribution in [3.8, 4) is 0 Å². The molecule has 0 fully saturated rings. The van der Waals surface area contributed by atoms with Crippen molar-refractivity contribution in [1.29, 1.82) is 0 Å². The lowest BCUT2D eigenvalue weighted by atomic mass is 10.2. The number of hydrogen-bond donors (Lipinski definition) is 1. The van der Waals surface area contributed by atoms with Crippen LogP contribution in [-0.2, 0) is 13.1 Å². The van der Waals surface area contributed by atoms with E-state index in [-0.39, 0.29) is 5.82 Å². The van der Waals surface area contributed by atoms with Crippen molar-refractivity contribution in [2.75, 3.05) is 11.9 Å². The van der Waals surface area contributed by atoms with Gasteiger partial charge in [0.15, 0.2) is 0 Å². The highest BCUT2D eigenvalue weighted by atomic mass is 35.5. The number of hydrogen-bond acceptors (Lipinski definition) is 4. The second-order valence-corrected chi connectivity index (χ2v) is 7.03. The first-order valence-corrected chi connectivity index (χ1v) is 7.98. The molecule has 0 aliphatic carbocycles. The van der Waals surface area contributed by atoms with Crippen molar-refractivity contribution in [3.05, 3.63) is 45.0 Å². The zero-order valence-corrected chi connectivity index (χ0v) is 13.9. The van der Waals surface area contributed by atoms with Crippen LogP contribution >= 0.6 is 22.9 Å². The molecule has 0 unspecified atom stereocenters. The summed E-state index contributed by atoms with van der Waals surface area (Å²) in [5, 5.41) is 3.30. The number of nitrogens with zero attached hydrogens (tertiary/aromatic N) is 2. The van der Waals surface area contributed by atoms with Crippen LogP contribution in [0, 0.1) is 5.82 Å². The molecule has 0 aliphatic heterocycles. The Balaban J connectivity index is 2.16. The van der Waals surface area contributed by atoms with Crippen LogP contribution in [0.2, 0.25) is 4.34 Å². The third kappa shape index (κ3) is 4.66. The minimum atomic E-state index is -0.313. The summed E-state index contributed by atoms with van der Waals surface area (Å²) in [5.74, 6) is 0.473. The lowest BCUT2D eigenvalue weighted by Gasteiger charge is -2.21. The number of halogens is 2. The second-order valence-electron chi connectivity index (χ2n) is 5.23. The molecule has 1 N–H and O–H groups in total. The van der Waals surface area contributed by atoms with Crippen molar-refractivity contribution in [2.45, 2.75) is 33.0 Å². The highest BCUT2D eigenvalue weighted by Crippen LogP contribution is 2.25. The van der Waals surface area contributed by atoms with E-state index in [1.165, 1.54) is 12.3 Å². The molecule has 0 radical (unpaired) electrons. The zero-order chi connectivity index (χ0) is 15.4. The molecule has 0 amide bonds. The van der Waals surface area contributed by atoms with Gasteiger partial charge in [0, 0.05) is 30.1 Å². The molecule has 114 valence electrons. The minimum absolute atomic E-state index is 0.313. The van der Waals surface area contributed by atoms with E-state index in [9.17, 15) is 4.39 Å². The van der Waals surface area contributed by atoms with Gasteiger partial charge in [0.2, 0.25) is 0 Å². The van der Waals surface area contributed by atoms with Crippen molar-refractivity contribution in [1.82, 2.24) is 10.3 Å². The number of thiophene rings is 1. The molecule has 2 heterocycles. The van der Waals surface area contributed by atoms with Crippen LogP contribution in [-0.4, -0.2) is 18.1 Å². The molecule has 0 aromatic carbocycles. The van der Waals surface area contributed by atoms with Crippen molar-refractivity contribution >= 4 is 28.8 Å². The Kier molecular flexibility index (Phi) is 5.56. The Bertz CT molecular complexity index is 600. The van der Waals surface area contributed by atoms with Gasteiger partial charge in [0.05, 0.1) is 17.1 Å². The maximum atomic E-state index is 13.4.